The molecule has 1 aromatic carbocycles. The minimum Gasteiger partial charge on any atom is -0.326 e. The first-order chi connectivity index (χ1) is 10.4. The van der Waals surface area contributed by atoms with Gasteiger partial charge in [0.2, 0.25) is 5.91 Å². The summed E-state index contributed by atoms with van der Waals surface area (Å²) in [6.07, 6.45) is 0. The number of rotatable bonds is 5. The molecular weight excluding hydrogens is 320 g/mol. The maximum Gasteiger partial charge on any atom is 0.322 e. The van der Waals surface area contributed by atoms with Crippen LogP contribution in [-0.4, -0.2) is 31.4 Å². The Kier molecular flexibility index (Phi) is 6.12. The molecule has 2 rings (SSSR count). The van der Waals surface area contributed by atoms with E-state index >= 15 is 0 Å². The Bertz CT molecular complexity index is 622. The molecule has 1 aromatic rings. The summed E-state index contributed by atoms with van der Waals surface area (Å²) < 4.78 is 0. The number of amides is 4. The average molecular weight is 341 g/mol. The van der Waals surface area contributed by atoms with Crippen molar-refractivity contribution in [2.24, 2.45) is 5.92 Å². The molecule has 2 atom stereocenters. The molecule has 126 valence electrons. The van der Waals surface area contributed by atoms with Crippen LogP contribution in [0.3, 0.4) is 0 Å². The molecule has 4 amide bonds. The number of carbonyl (C=O) groups is 3. The SMILES string of the molecule is CNCC(C)C(=O)Nc1cccc(C2(C)NC(=O)NC2=O)c1.Cl. The number of hydrogen-bond acceptors (Lipinski definition) is 4. The van der Waals surface area contributed by atoms with Gasteiger partial charge in [0.05, 0.1) is 0 Å². The Morgan fingerprint density at radius 2 is 2.04 bits per heavy atom. The molecule has 1 aliphatic heterocycles. The van der Waals surface area contributed by atoms with Gasteiger partial charge in [0.25, 0.3) is 5.91 Å². The van der Waals surface area contributed by atoms with Crippen LogP contribution in [0.25, 0.3) is 0 Å². The summed E-state index contributed by atoms with van der Waals surface area (Å²) in [6.45, 7) is 4.02. The van der Waals surface area contributed by atoms with Crippen LogP contribution in [0.4, 0.5) is 10.5 Å². The second-order valence-electron chi connectivity index (χ2n) is 5.56. The number of hydrogen-bond donors (Lipinski definition) is 4. The van der Waals surface area contributed by atoms with Gasteiger partial charge in [-0.3, -0.25) is 14.9 Å². The summed E-state index contributed by atoms with van der Waals surface area (Å²) in [5.74, 6) is -0.709. The van der Waals surface area contributed by atoms with Crippen molar-refractivity contribution in [1.82, 2.24) is 16.0 Å². The predicted octanol–water partition coefficient (Wildman–Crippen LogP) is 0.957. The van der Waals surface area contributed by atoms with Crippen molar-refractivity contribution in [1.29, 1.82) is 0 Å². The number of benzene rings is 1. The molecule has 1 saturated heterocycles. The molecule has 0 aromatic heterocycles. The van der Waals surface area contributed by atoms with Crippen LogP contribution in [0, 0.1) is 5.92 Å². The smallest absolute Gasteiger partial charge is 0.322 e. The van der Waals surface area contributed by atoms with Crippen molar-refractivity contribution in [3.63, 3.8) is 0 Å². The highest BCUT2D eigenvalue weighted by atomic mass is 35.5. The summed E-state index contributed by atoms with van der Waals surface area (Å²) in [5, 5.41) is 10.6. The summed E-state index contributed by atoms with van der Waals surface area (Å²) in [7, 11) is 1.78. The highest BCUT2D eigenvalue weighted by molar-refractivity contribution is 6.07. The maximum absolute atomic E-state index is 12.0. The Morgan fingerprint density at radius 1 is 1.35 bits per heavy atom. The maximum atomic E-state index is 12.0. The predicted molar refractivity (Wildman–Crippen MR) is 89.4 cm³/mol. The zero-order valence-electron chi connectivity index (χ0n) is 13.2. The third-order valence-electron chi connectivity index (χ3n) is 3.71. The molecule has 7 nitrogen and oxygen atoms in total. The minimum atomic E-state index is -1.13. The van der Waals surface area contributed by atoms with Gasteiger partial charge < -0.3 is 16.0 Å². The van der Waals surface area contributed by atoms with Crippen LogP contribution in [0.1, 0.15) is 19.4 Å². The van der Waals surface area contributed by atoms with Crippen LogP contribution in [-0.2, 0) is 15.1 Å². The van der Waals surface area contributed by atoms with Gasteiger partial charge in [-0.25, -0.2) is 4.79 Å². The first-order valence-electron chi connectivity index (χ1n) is 7.06. The monoisotopic (exact) mass is 340 g/mol. The largest absolute Gasteiger partial charge is 0.326 e. The molecule has 1 fully saturated rings. The summed E-state index contributed by atoms with van der Waals surface area (Å²) in [5.41, 5.74) is 0.0598. The highest BCUT2D eigenvalue weighted by Crippen LogP contribution is 2.26. The lowest BCUT2D eigenvalue weighted by molar-refractivity contribution is -0.123. The lowest BCUT2D eigenvalue weighted by Crippen LogP contribution is -2.40. The van der Waals surface area contributed by atoms with Gasteiger partial charge >= 0.3 is 6.03 Å². The standard InChI is InChI=1S/C15H20N4O3.ClH/c1-9(8-16-3)12(20)17-11-6-4-5-10(7-11)15(2)13(21)18-14(22)19-15;/h4-7,9,16H,8H2,1-3H3,(H,17,20)(H2,18,19,21,22);1H. The van der Waals surface area contributed by atoms with Gasteiger partial charge in [-0.05, 0) is 31.7 Å². The van der Waals surface area contributed by atoms with E-state index in [1.165, 1.54) is 0 Å². The van der Waals surface area contributed by atoms with Gasteiger partial charge in [0, 0.05) is 18.2 Å². The Balaban J connectivity index is 0.00000264. The van der Waals surface area contributed by atoms with Crippen molar-refractivity contribution in [2.75, 3.05) is 18.9 Å². The molecule has 0 aliphatic carbocycles. The van der Waals surface area contributed by atoms with E-state index in [1.807, 2.05) is 6.92 Å². The molecule has 0 saturated carbocycles. The Hall–Kier alpha value is -2.12. The Morgan fingerprint density at radius 3 is 2.61 bits per heavy atom. The van der Waals surface area contributed by atoms with Crippen LogP contribution < -0.4 is 21.3 Å². The van der Waals surface area contributed by atoms with E-state index in [0.717, 1.165) is 0 Å². The fourth-order valence-electron chi connectivity index (χ4n) is 2.32. The molecule has 0 bridgehead atoms. The number of carbonyl (C=O) groups excluding carboxylic acids is 3. The third kappa shape index (κ3) is 4.00. The highest BCUT2D eigenvalue weighted by Gasteiger charge is 2.43. The van der Waals surface area contributed by atoms with Crippen molar-refractivity contribution >= 4 is 35.9 Å². The fraction of sp³-hybridized carbons (Fsp3) is 0.400. The van der Waals surface area contributed by atoms with Crippen LogP contribution in [0.2, 0.25) is 0 Å². The fourth-order valence-corrected chi connectivity index (χ4v) is 2.32. The van der Waals surface area contributed by atoms with Gasteiger partial charge in [-0.2, -0.15) is 0 Å². The van der Waals surface area contributed by atoms with E-state index in [4.69, 9.17) is 0 Å². The zero-order valence-corrected chi connectivity index (χ0v) is 14.0. The van der Waals surface area contributed by atoms with Gasteiger partial charge in [0.1, 0.15) is 5.54 Å². The van der Waals surface area contributed by atoms with E-state index in [2.05, 4.69) is 21.3 Å². The summed E-state index contributed by atoms with van der Waals surface area (Å²) in [4.78, 5) is 35.3. The lowest BCUT2D eigenvalue weighted by atomic mass is 9.92. The average Bonchev–Trinajstić information content (AvgIpc) is 2.73. The van der Waals surface area contributed by atoms with Crippen molar-refractivity contribution in [2.45, 2.75) is 19.4 Å². The van der Waals surface area contributed by atoms with E-state index in [9.17, 15) is 14.4 Å². The molecule has 23 heavy (non-hydrogen) atoms. The van der Waals surface area contributed by atoms with E-state index in [0.29, 0.717) is 17.8 Å². The van der Waals surface area contributed by atoms with Crippen LogP contribution >= 0.6 is 12.4 Å². The molecule has 1 heterocycles. The number of nitrogens with one attached hydrogen (secondary N) is 4. The number of halogens is 1. The minimum absolute atomic E-state index is 0. The van der Waals surface area contributed by atoms with Crippen LogP contribution in [0.5, 0.6) is 0 Å². The zero-order chi connectivity index (χ0) is 16.3. The second-order valence-corrected chi connectivity index (χ2v) is 5.56. The molecule has 1 aliphatic rings. The topological polar surface area (TPSA) is 99.3 Å². The van der Waals surface area contributed by atoms with Gasteiger partial charge in [0.15, 0.2) is 0 Å². The van der Waals surface area contributed by atoms with Gasteiger partial charge in [-0.15, -0.1) is 12.4 Å². The summed E-state index contributed by atoms with van der Waals surface area (Å²) >= 11 is 0. The number of anilines is 1. The lowest BCUT2D eigenvalue weighted by Gasteiger charge is -2.22. The molecule has 0 radical (unpaired) electrons. The molecule has 0 spiro atoms. The quantitative estimate of drug-likeness (QED) is 0.600. The first-order valence-corrected chi connectivity index (χ1v) is 7.06. The van der Waals surface area contributed by atoms with Gasteiger partial charge in [-0.1, -0.05) is 19.1 Å². The van der Waals surface area contributed by atoms with E-state index in [-0.39, 0.29) is 24.2 Å². The molecule has 4 N–H and O–H groups in total. The normalized spacial score (nSPS) is 21.0. The number of urea groups is 1. The van der Waals surface area contributed by atoms with Crippen molar-refractivity contribution < 1.29 is 14.4 Å². The number of imide groups is 1. The van der Waals surface area contributed by atoms with Crippen molar-refractivity contribution in [3.8, 4) is 0 Å². The second kappa shape index (κ2) is 7.43. The third-order valence-corrected chi connectivity index (χ3v) is 3.71. The van der Waals surface area contributed by atoms with E-state index in [1.54, 1.807) is 38.2 Å². The van der Waals surface area contributed by atoms with E-state index < -0.39 is 17.5 Å². The van der Waals surface area contributed by atoms with Crippen LogP contribution in [0.15, 0.2) is 24.3 Å². The molecule has 2 unspecified atom stereocenters. The van der Waals surface area contributed by atoms with Crippen molar-refractivity contribution in [3.05, 3.63) is 29.8 Å². The molecular formula is C15H21ClN4O3. The Labute approximate surface area is 141 Å². The summed E-state index contributed by atoms with van der Waals surface area (Å²) in [6, 6.07) is 6.37. The first kappa shape index (κ1) is 18.9. The molecule has 8 heteroatoms.